The monoisotopic (exact) mass is 371 g/mol. The number of nitrogens with two attached hydrogens (primary N) is 1. The Labute approximate surface area is 135 Å². The van der Waals surface area contributed by atoms with E-state index in [1.807, 2.05) is 12.1 Å². The van der Waals surface area contributed by atoms with Crippen molar-refractivity contribution in [3.05, 3.63) is 28.2 Å². The molecule has 0 bridgehead atoms. The van der Waals surface area contributed by atoms with Gasteiger partial charge in [-0.2, -0.15) is 0 Å². The zero-order valence-electron chi connectivity index (χ0n) is 12.1. The SMILES string of the molecule is NCC1(c2ccc(S(=O)(=O)C3CC3)c(Br)c2)CCCCC1. The molecule has 2 fully saturated rings. The molecule has 2 aliphatic carbocycles. The van der Waals surface area contributed by atoms with Crippen LogP contribution in [0.3, 0.4) is 0 Å². The van der Waals surface area contributed by atoms with Crippen molar-refractivity contribution in [2.24, 2.45) is 5.73 Å². The highest BCUT2D eigenvalue weighted by Crippen LogP contribution is 2.42. The van der Waals surface area contributed by atoms with Crippen molar-refractivity contribution in [1.82, 2.24) is 0 Å². The minimum Gasteiger partial charge on any atom is -0.330 e. The van der Waals surface area contributed by atoms with E-state index in [1.165, 1.54) is 24.8 Å². The van der Waals surface area contributed by atoms with Crippen molar-refractivity contribution in [3.63, 3.8) is 0 Å². The summed E-state index contributed by atoms with van der Waals surface area (Å²) in [4.78, 5) is 0.441. The van der Waals surface area contributed by atoms with Gasteiger partial charge in [-0.05, 0) is 59.3 Å². The molecule has 3 rings (SSSR count). The van der Waals surface area contributed by atoms with E-state index < -0.39 is 9.84 Å². The van der Waals surface area contributed by atoms with E-state index in [9.17, 15) is 8.42 Å². The molecule has 0 unspecified atom stereocenters. The summed E-state index contributed by atoms with van der Waals surface area (Å²) >= 11 is 3.48. The minimum absolute atomic E-state index is 0.0304. The van der Waals surface area contributed by atoms with Crippen molar-refractivity contribution in [2.75, 3.05) is 6.54 Å². The van der Waals surface area contributed by atoms with E-state index >= 15 is 0 Å². The van der Waals surface area contributed by atoms with E-state index in [4.69, 9.17) is 5.73 Å². The second kappa shape index (κ2) is 5.67. The van der Waals surface area contributed by atoms with Gasteiger partial charge < -0.3 is 5.73 Å². The maximum atomic E-state index is 12.4. The van der Waals surface area contributed by atoms with Crippen LogP contribution in [0.15, 0.2) is 27.6 Å². The van der Waals surface area contributed by atoms with Crippen molar-refractivity contribution in [1.29, 1.82) is 0 Å². The fourth-order valence-corrected chi connectivity index (χ4v) is 6.22. The van der Waals surface area contributed by atoms with E-state index in [0.29, 0.717) is 15.9 Å². The molecule has 0 saturated heterocycles. The molecule has 0 atom stereocenters. The zero-order valence-corrected chi connectivity index (χ0v) is 14.5. The summed E-state index contributed by atoms with van der Waals surface area (Å²) in [5.41, 5.74) is 7.29. The predicted octanol–water partition coefficient (Wildman–Crippen LogP) is 3.55. The molecule has 2 N–H and O–H groups in total. The van der Waals surface area contributed by atoms with Gasteiger partial charge in [0.1, 0.15) is 0 Å². The lowest BCUT2D eigenvalue weighted by Gasteiger charge is -2.37. The van der Waals surface area contributed by atoms with Gasteiger partial charge >= 0.3 is 0 Å². The summed E-state index contributed by atoms with van der Waals surface area (Å²) in [6.07, 6.45) is 7.48. The molecule has 3 nitrogen and oxygen atoms in total. The maximum absolute atomic E-state index is 12.4. The number of benzene rings is 1. The molecule has 0 aliphatic heterocycles. The van der Waals surface area contributed by atoms with E-state index in [-0.39, 0.29) is 10.7 Å². The van der Waals surface area contributed by atoms with Gasteiger partial charge in [-0.1, -0.05) is 25.3 Å². The van der Waals surface area contributed by atoms with Crippen LogP contribution in [0, 0.1) is 0 Å². The Hall–Kier alpha value is -0.390. The highest BCUT2D eigenvalue weighted by atomic mass is 79.9. The standard InChI is InChI=1S/C16H22BrNO2S/c17-14-10-12(16(11-18)8-2-1-3-9-16)4-7-15(14)21(19,20)13-5-6-13/h4,7,10,13H,1-3,5-6,8-9,11,18H2. The molecule has 0 radical (unpaired) electrons. The minimum atomic E-state index is -3.15. The van der Waals surface area contributed by atoms with Gasteiger partial charge in [0.2, 0.25) is 0 Å². The van der Waals surface area contributed by atoms with Crippen LogP contribution in [0.25, 0.3) is 0 Å². The summed E-state index contributed by atoms with van der Waals surface area (Å²) < 4.78 is 25.5. The third-order valence-electron chi connectivity index (χ3n) is 5.02. The first-order chi connectivity index (χ1) is 9.99. The van der Waals surface area contributed by atoms with Gasteiger partial charge in [-0.15, -0.1) is 0 Å². The first-order valence-electron chi connectivity index (χ1n) is 7.74. The Morgan fingerprint density at radius 1 is 1.19 bits per heavy atom. The lowest BCUT2D eigenvalue weighted by atomic mass is 9.69. The topological polar surface area (TPSA) is 60.2 Å². The van der Waals surface area contributed by atoms with Crippen molar-refractivity contribution < 1.29 is 8.42 Å². The average Bonchev–Trinajstić information content (AvgIpc) is 3.32. The number of rotatable bonds is 4. The summed E-state index contributed by atoms with van der Waals surface area (Å²) in [6.45, 7) is 0.633. The van der Waals surface area contributed by atoms with E-state index in [1.54, 1.807) is 6.07 Å². The Bertz CT molecular complexity index is 632. The Kier molecular flexibility index (Phi) is 4.19. The molecule has 116 valence electrons. The molecule has 21 heavy (non-hydrogen) atoms. The molecule has 5 heteroatoms. The lowest BCUT2D eigenvalue weighted by Crippen LogP contribution is -2.37. The van der Waals surface area contributed by atoms with Crippen LogP contribution in [0.5, 0.6) is 0 Å². The first kappa shape index (κ1) is 15.5. The fraction of sp³-hybridized carbons (Fsp3) is 0.625. The predicted molar refractivity (Wildman–Crippen MR) is 88.2 cm³/mol. The molecule has 2 aliphatic rings. The van der Waals surface area contributed by atoms with Gasteiger partial charge in [0.05, 0.1) is 10.1 Å². The third-order valence-corrected chi connectivity index (χ3v) is 8.25. The Morgan fingerprint density at radius 3 is 2.38 bits per heavy atom. The van der Waals surface area contributed by atoms with Gasteiger partial charge in [-0.3, -0.25) is 0 Å². The molecule has 0 heterocycles. The van der Waals surface area contributed by atoms with Crippen molar-refractivity contribution in [2.45, 2.75) is 60.5 Å². The number of sulfone groups is 1. The highest BCUT2D eigenvalue weighted by Gasteiger charge is 2.39. The van der Waals surface area contributed by atoms with Crippen LogP contribution in [0.2, 0.25) is 0 Å². The second-order valence-electron chi connectivity index (χ2n) is 6.43. The summed E-state index contributed by atoms with van der Waals surface area (Å²) in [7, 11) is -3.15. The lowest BCUT2D eigenvalue weighted by molar-refractivity contribution is 0.300. The Morgan fingerprint density at radius 2 is 1.86 bits per heavy atom. The largest absolute Gasteiger partial charge is 0.330 e. The Balaban J connectivity index is 1.97. The van der Waals surface area contributed by atoms with Gasteiger partial charge in [0.15, 0.2) is 9.84 Å². The number of hydrogen-bond donors (Lipinski definition) is 1. The molecular weight excluding hydrogens is 350 g/mol. The normalized spacial score (nSPS) is 22.2. The molecule has 1 aromatic carbocycles. The van der Waals surface area contributed by atoms with Gasteiger partial charge in [0, 0.05) is 16.4 Å². The summed E-state index contributed by atoms with van der Waals surface area (Å²) in [6, 6.07) is 5.75. The molecule has 0 amide bonds. The van der Waals surface area contributed by atoms with Crippen LogP contribution < -0.4 is 5.73 Å². The molecule has 0 spiro atoms. The summed E-state index contributed by atoms with van der Waals surface area (Å²) in [5.74, 6) is 0. The van der Waals surface area contributed by atoms with Crippen LogP contribution in [-0.2, 0) is 15.3 Å². The van der Waals surface area contributed by atoms with E-state index in [0.717, 1.165) is 25.7 Å². The first-order valence-corrected chi connectivity index (χ1v) is 10.1. The molecule has 0 aromatic heterocycles. The highest BCUT2D eigenvalue weighted by molar-refractivity contribution is 9.10. The quantitative estimate of drug-likeness (QED) is 0.879. The van der Waals surface area contributed by atoms with Crippen molar-refractivity contribution in [3.8, 4) is 0 Å². The number of halogens is 1. The van der Waals surface area contributed by atoms with Gasteiger partial charge in [0.25, 0.3) is 0 Å². The van der Waals surface area contributed by atoms with Crippen LogP contribution in [-0.4, -0.2) is 20.2 Å². The zero-order chi connectivity index (χ0) is 15.1. The second-order valence-corrected chi connectivity index (χ2v) is 9.49. The number of hydrogen-bond acceptors (Lipinski definition) is 3. The summed E-state index contributed by atoms with van der Waals surface area (Å²) in [5, 5.41) is -0.169. The van der Waals surface area contributed by atoms with Crippen molar-refractivity contribution >= 4 is 25.8 Å². The van der Waals surface area contributed by atoms with Crippen LogP contribution >= 0.6 is 15.9 Å². The maximum Gasteiger partial charge on any atom is 0.182 e. The van der Waals surface area contributed by atoms with Crippen LogP contribution in [0.1, 0.15) is 50.5 Å². The molecule has 2 saturated carbocycles. The van der Waals surface area contributed by atoms with Crippen LogP contribution in [0.4, 0.5) is 0 Å². The smallest absolute Gasteiger partial charge is 0.182 e. The molecule has 1 aromatic rings. The molecular formula is C16H22BrNO2S. The van der Waals surface area contributed by atoms with E-state index in [2.05, 4.69) is 15.9 Å². The average molecular weight is 372 g/mol. The van der Waals surface area contributed by atoms with Gasteiger partial charge in [-0.25, -0.2) is 8.42 Å². The fourth-order valence-electron chi connectivity index (χ4n) is 3.46. The third kappa shape index (κ3) is 2.80.